The number of primary amides is 1. The largest absolute Gasteiger partial charge is 0.366 e. The zero-order valence-electron chi connectivity index (χ0n) is 8.58. The molecule has 0 unspecified atom stereocenters. The van der Waals surface area contributed by atoms with Crippen molar-refractivity contribution in [3.8, 4) is 0 Å². The standard InChI is InChI=1S/C12H15NO/c1-9(2)7-8-10-5-3-4-6-11(10)12(13)14/h3-7H,8H2,1-2H3,(H2,13,14). The summed E-state index contributed by atoms with van der Waals surface area (Å²) in [7, 11) is 0. The van der Waals surface area contributed by atoms with E-state index in [9.17, 15) is 4.79 Å². The highest BCUT2D eigenvalue weighted by Crippen LogP contribution is 2.10. The van der Waals surface area contributed by atoms with Crippen molar-refractivity contribution in [2.75, 3.05) is 0 Å². The van der Waals surface area contributed by atoms with Crippen molar-refractivity contribution in [1.29, 1.82) is 0 Å². The lowest BCUT2D eigenvalue weighted by atomic mass is 10.0. The first-order valence-electron chi connectivity index (χ1n) is 4.62. The average Bonchev–Trinajstić information content (AvgIpc) is 2.15. The van der Waals surface area contributed by atoms with Gasteiger partial charge < -0.3 is 5.73 Å². The predicted molar refractivity (Wildman–Crippen MR) is 58.1 cm³/mol. The van der Waals surface area contributed by atoms with E-state index in [1.165, 1.54) is 5.57 Å². The van der Waals surface area contributed by atoms with Crippen molar-refractivity contribution in [1.82, 2.24) is 0 Å². The highest BCUT2D eigenvalue weighted by atomic mass is 16.1. The zero-order valence-corrected chi connectivity index (χ0v) is 8.58. The molecule has 1 aromatic carbocycles. The maximum Gasteiger partial charge on any atom is 0.248 e. The van der Waals surface area contributed by atoms with Crippen LogP contribution in [0.5, 0.6) is 0 Å². The number of allylic oxidation sites excluding steroid dienone is 2. The Morgan fingerprint density at radius 3 is 2.57 bits per heavy atom. The number of carbonyl (C=O) groups is 1. The molecule has 0 saturated carbocycles. The highest BCUT2D eigenvalue weighted by molar-refractivity contribution is 5.94. The van der Waals surface area contributed by atoms with Gasteiger partial charge in [0.15, 0.2) is 0 Å². The van der Waals surface area contributed by atoms with Gasteiger partial charge in [0.05, 0.1) is 0 Å². The summed E-state index contributed by atoms with van der Waals surface area (Å²) in [6.45, 7) is 4.07. The molecule has 0 aromatic heterocycles. The van der Waals surface area contributed by atoms with Crippen LogP contribution in [0.15, 0.2) is 35.9 Å². The maximum absolute atomic E-state index is 11.1. The number of rotatable bonds is 3. The fraction of sp³-hybridized carbons (Fsp3) is 0.250. The molecule has 1 aromatic rings. The third-order valence-corrected chi connectivity index (χ3v) is 2.01. The summed E-state index contributed by atoms with van der Waals surface area (Å²) in [5.74, 6) is -0.359. The van der Waals surface area contributed by atoms with Crippen LogP contribution >= 0.6 is 0 Å². The number of nitrogens with two attached hydrogens (primary N) is 1. The van der Waals surface area contributed by atoms with Crippen LogP contribution in [0.4, 0.5) is 0 Å². The summed E-state index contributed by atoms with van der Waals surface area (Å²) in [5.41, 5.74) is 8.10. The van der Waals surface area contributed by atoms with E-state index in [1.54, 1.807) is 6.07 Å². The minimum atomic E-state index is -0.359. The summed E-state index contributed by atoms with van der Waals surface area (Å²) in [4.78, 5) is 11.1. The number of hydrogen-bond acceptors (Lipinski definition) is 1. The van der Waals surface area contributed by atoms with Crippen molar-refractivity contribution < 1.29 is 4.79 Å². The molecular weight excluding hydrogens is 174 g/mol. The molecule has 0 aliphatic heterocycles. The van der Waals surface area contributed by atoms with Crippen LogP contribution < -0.4 is 5.73 Å². The molecule has 2 nitrogen and oxygen atoms in total. The van der Waals surface area contributed by atoms with Crippen LogP contribution in [-0.4, -0.2) is 5.91 Å². The molecule has 0 bridgehead atoms. The van der Waals surface area contributed by atoms with E-state index in [0.717, 1.165) is 12.0 Å². The lowest BCUT2D eigenvalue weighted by Gasteiger charge is -2.03. The fourth-order valence-corrected chi connectivity index (χ4v) is 1.25. The van der Waals surface area contributed by atoms with Crippen LogP contribution in [0.25, 0.3) is 0 Å². The molecule has 0 saturated heterocycles. The van der Waals surface area contributed by atoms with Crippen LogP contribution in [0, 0.1) is 0 Å². The summed E-state index contributed by atoms with van der Waals surface area (Å²) in [6.07, 6.45) is 2.85. The number of amides is 1. The average molecular weight is 189 g/mol. The molecular formula is C12H15NO. The van der Waals surface area contributed by atoms with Gasteiger partial charge in [0.25, 0.3) is 0 Å². The molecule has 14 heavy (non-hydrogen) atoms. The first-order chi connectivity index (χ1) is 6.61. The van der Waals surface area contributed by atoms with Crippen molar-refractivity contribution in [3.63, 3.8) is 0 Å². The summed E-state index contributed by atoms with van der Waals surface area (Å²) in [5, 5.41) is 0. The van der Waals surface area contributed by atoms with Gasteiger partial charge in [-0.1, -0.05) is 29.8 Å². The Labute approximate surface area is 84.4 Å². The van der Waals surface area contributed by atoms with Crippen molar-refractivity contribution in [2.45, 2.75) is 20.3 Å². The SMILES string of the molecule is CC(C)=CCc1ccccc1C(N)=O. The lowest BCUT2D eigenvalue weighted by molar-refractivity contribution is 0.0999. The molecule has 0 heterocycles. The second-order valence-corrected chi connectivity index (χ2v) is 3.51. The summed E-state index contributed by atoms with van der Waals surface area (Å²) < 4.78 is 0. The van der Waals surface area contributed by atoms with E-state index in [2.05, 4.69) is 6.08 Å². The van der Waals surface area contributed by atoms with Gasteiger partial charge in [0.1, 0.15) is 0 Å². The molecule has 0 spiro atoms. The van der Waals surface area contributed by atoms with Crippen molar-refractivity contribution >= 4 is 5.91 Å². The molecule has 1 amide bonds. The zero-order chi connectivity index (χ0) is 10.6. The Bertz CT molecular complexity index is 362. The van der Waals surface area contributed by atoms with Crippen molar-refractivity contribution in [2.24, 2.45) is 5.73 Å². The second-order valence-electron chi connectivity index (χ2n) is 3.51. The molecule has 2 heteroatoms. The maximum atomic E-state index is 11.1. The third kappa shape index (κ3) is 2.73. The van der Waals surface area contributed by atoms with Crippen LogP contribution in [0.1, 0.15) is 29.8 Å². The van der Waals surface area contributed by atoms with Gasteiger partial charge in [-0.25, -0.2) is 0 Å². The molecule has 0 radical (unpaired) electrons. The minimum absolute atomic E-state index is 0.359. The monoisotopic (exact) mass is 189 g/mol. The van der Waals surface area contributed by atoms with Gasteiger partial charge in [-0.15, -0.1) is 0 Å². The predicted octanol–water partition coefficient (Wildman–Crippen LogP) is 2.29. The Morgan fingerprint density at radius 1 is 1.36 bits per heavy atom. The van der Waals surface area contributed by atoms with Crippen LogP contribution in [0.3, 0.4) is 0 Å². The fourth-order valence-electron chi connectivity index (χ4n) is 1.25. The number of carbonyl (C=O) groups excluding carboxylic acids is 1. The normalized spacial score (nSPS) is 9.57. The molecule has 1 rings (SSSR count). The molecule has 2 N–H and O–H groups in total. The molecule has 0 fully saturated rings. The second kappa shape index (κ2) is 4.61. The Balaban J connectivity index is 2.96. The molecule has 74 valence electrons. The van der Waals surface area contributed by atoms with Gasteiger partial charge in [-0.2, -0.15) is 0 Å². The quantitative estimate of drug-likeness (QED) is 0.728. The summed E-state index contributed by atoms with van der Waals surface area (Å²) >= 11 is 0. The van der Waals surface area contributed by atoms with E-state index in [-0.39, 0.29) is 5.91 Å². The van der Waals surface area contributed by atoms with Gasteiger partial charge >= 0.3 is 0 Å². The van der Waals surface area contributed by atoms with Gasteiger partial charge in [-0.3, -0.25) is 4.79 Å². The smallest absolute Gasteiger partial charge is 0.248 e. The van der Waals surface area contributed by atoms with Gasteiger partial charge in [0, 0.05) is 5.56 Å². The van der Waals surface area contributed by atoms with E-state index in [0.29, 0.717) is 5.56 Å². The Kier molecular flexibility index (Phi) is 3.46. The summed E-state index contributed by atoms with van der Waals surface area (Å²) in [6, 6.07) is 7.43. The van der Waals surface area contributed by atoms with Gasteiger partial charge in [-0.05, 0) is 31.9 Å². The van der Waals surface area contributed by atoms with E-state index in [1.807, 2.05) is 32.0 Å². The Morgan fingerprint density at radius 2 is 2.00 bits per heavy atom. The highest BCUT2D eigenvalue weighted by Gasteiger charge is 2.04. The number of hydrogen-bond donors (Lipinski definition) is 1. The van der Waals surface area contributed by atoms with Crippen molar-refractivity contribution in [3.05, 3.63) is 47.0 Å². The minimum Gasteiger partial charge on any atom is -0.366 e. The van der Waals surface area contributed by atoms with Gasteiger partial charge in [0.2, 0.25) is 5.91 Å². The Hall–Kier alpha value is -1.57. The van der Waals surface area contributed by atoms with E-state index >= 15 is 0 Å². The van der Waals surface area contributed by atoms with E-state index < -0.39 is 0 Å². The first kappa shape index (κ1) is 10.5. The lowest BCUT2D eigenvalue weighted by Crippen LogP contribution is -2.13. The van der Waals surface area contributed by atoms with E-state index in [4.69, 9.17) is 5.73 Å². The van der Waals surface area contributed by atoms with Crippen LogP contribution in [0.2, 0.25) is 0 Å². The topological polar surface area (TPSA) is 43.1 Å². The third-order valence-electron chi connectivity index (χ3n) is 2.01. The van der Waals surface area contributed by atoms with Crippen LogP contribution in [-0.2, 0) is 6.42 Å². The first-order valence-corrected chi connectivity index (χ1v) is 4.62. The molecule has 0 atom stereocenters. The molecule has 0 aliphatic rings. The molecule has 0 aliphatic carbocycles. The number of benzene rings is 1.